The molecular weight excluding hydrogens is 244 g/mol. The Kier molecular flexibility index (Phi) is 3.63. The minimum Gasteiger partial charge on any atom is -0.486 e. The summed E-state index contributed by atoms with van der Waals surface area (Å²) >= 11 is 1.39. The van der Waals surface area contributed by atoms with E-state index in [1.54, 1.807) is 0 Å². The lowest BCUT2D eigenvalue weighted by atomic mass is 10.1. The lowest BCUT2D eigenvalue weighted by Gasteiger charge is -2.06. The molecule has 1 aromatic heterocycles. The van der Waals surface area contributed by atoms with Crippen molar-refractivity contribution in [1.82, 2.24) is 4.98 Å². The molecule has 0 bridgehead atoms. The number of nitrogens with zero attached hydrogens (tertiary/aromatic N) is 2. The third-order valence-corrected chi connectivity index (χ3v) is 3.54. The first kappa shape index (κ1) is 12.6. The summed E-state index contributed by atoms with van der Waals surface area (Å²) in [6.45, 7) is 6.34. The van der Waals surface area contributed by atoms with Crippen LogP contribution in [-0.2, 0) is 6.61 Å². The smallest absolute Gasteiger partial charge is 0.140 e. The molecule has 0 unspecified atom stereocenters. The van der Waals surface area contributed by atoms with E-state index in [1.807, 2.05) is 32.9 Å². The van der Waals surface area contributed by atoms with Crippen molar-refractivity contribution in [3.05, 3.63) is 44.9 Å². The van der Waals surface area contributed by atoms with Gasteiger partial charge in [-0.3, -0.25) is 0 Å². The molecule has 1 aromatic carbocycles. The van der Waals surface area contributed by atoms with Crippen molar-refractivity contribution in [3.8, 4) is 11.8 Å². The number of rotatable bonds is 3. The Morgan fingerprint density at radius 2 is 1.89 bits per heavy atom. The van der Waals surface area contributed by atoms with Crippen molar-refractivity contribution >= 4 is 11.3 Å². The minimum absolute atomic E-state index is 0.413. The van der Waals surface area contributed by atoms with E-state index >= 15 is 0 Å². The first-order valence-corrected chi connectivity index (χ1v) is 6.47. The fourth-order valence-corrected chi connectivity index (χ4v) is 2.55. The van der Waals surface area contributed by atoms with Gasteiger partial charge < -0.3 is 4.74 Å². The van der Waals surface area contributed by atoms with Crippen LogP contribution in [0.3, 0.4) is 0 Å². The van der Waals surface area contributed by atoms with Crippen LogP contribution in [0.15, 0.2) is 18.2 Å². The Labute approximate surface area is 111 Å². The van der Waals surface area contributed by atoms with Gasteiger partial charge in [0.25, 0.3) is 0 Å². The summed E-state index contributed by atoms with van der Waals surface area (Å²) in [5.41, 5.74) is 3.14. The largest absolute Gasteiger partial charge is 0.486 e. The molecule has 0 aliphatic carbocycles. The maximum atomic E-state index is 8.87. The van der Waals surface area contributed by atoms with E-state index in [9.17, 15) is 0 Å². The zero-order valence-corrected chi connectivity index (χ0v) is 11.5. The van der Waals surface area contributed by atoms with Gasteiger partial charge in [0.1, 0.15) is 28.3 Å². The Hall–Kier alpha value is -1.86. The molecule has 0 aliphatic heterocycles. The Morgan fingerprint density at radius 3 is 2.44 bits per heavy atom. The molecule has 92 valence electrons. The molecule has 2 rings (SSSR count). The zero-order chi connectivity index (χ0) is 13.1. The molecule has 0 atom stereocenters. The molecule has 1 heterocycles. The van der Waals surface area contributed by atoms with Crippen LogP contribution in [0.4, 0.5) is 0 Å². The van der Waals surface area contributed by atoms with Crippen LogP contribution in [-0.4, -0.2) is 4.98 Å². The highest BCUT2D eigenvalue weighted by molar-refractivity contribution is 7.12. The highest BCUT2D eigenvalue weighted by Crippen LogP contribution is 2.21. The predicted molar refractivity (Wildman–Crippen MR) is 71.8 cm³/mol. The number of hydrogen-bond acceptors (Lipinski definition) is 4. The summed E-state index contributed by atoms with van der Waals surface area (Å²) in [6, 6.07) is 8.24. The molecule has 0 fully saturated rings. The monoisotopic (exact) mass is 258 g/mol. The van der Waals surface area contributed by atoms with E-state index in [4.69, 9.17) is 10.00 Å². The molecule has 0 spiro atoms. The number of aryl methyl sites for hydroxylation is 3. The molecule has 0 radical (unpaired) electrons. The van der Waals surface area contributed by atoms with Crippen LogP contribution >= 0.6 is 11.3 Å². The second-order valence-corrected chi connectivity index (χ2v) is 5.33. The van der Waals surface area contributed by atoms with Gasteiger partial charge in [-0.15, -0.1) is 11.3 Å². The topological polar surface area (TPSA) is 45.9 Å². The van der Waals surface area contributed by atoms with Crippen LogP contribution in [0, 0.1) is 32.1 Å². The molecule has 0 aliphatic rings. The molecule has 18 heavy (non-hydrogen) atoms. The summed E-state index contributed by atoms with van der Waals surface area (Å²) in [4.78, 5) is 4.97. The number of hydrogen-bond donors (Lipinski definition) is 0. The third kappa shape index (κ3) is 2.88. The first-order chi connectivity index (χ1) is 8.58. The number of thiazole rings is 1. The van der Waals surface area contributed by atoms with Gasteiger partial charge in [-0.2, -0.15) is 5.26 Å². The predicted octanol–water partition coefficient (Wildman–Crippen LogP) is 3.52. The molecule has 3 nitrogen and oxygen atoms in total. The normalized spacial score (nSPS) is 10.1. The van der Waals surface area contributed by atoms with Gasteiger partial charge in [-0.25, -0.2) is 4.98 Å². The van der Waals surface area contributed by atoms with Crippen LogP contribution < -0.4 is 4.74 Å². The van der Waals surface area contributed by atoms with Crippen molar-refractivity contribution in [2.75, 3.05) is 0 Å². The molecular formula is C14H14N2OS. The summed E-state index contributed by atoms with van der Waals surface area (Å²) < 4.78 is 5.71. The van der Waals surface area contributed by atoms with Gasteiger partial charge in [0, 0.05) is 0 Å². The van der Waals surface area contributed by atoms with Gasteiger partial charge in [-0.1, -0.05) is 6.07 Å². The number of ether oxygens (including phenoxy) is 1. The van der Waals surface area contributed by atoms with Crippen LogP contribution in [0.5, 0.6) is 5.75 Å². The van der Waals surface area contributed by atoms with Crippen LogP contribution in [0.25, 0.3) is 0 Å². The fraction of sp³-hybridized carbons (Fsp3) is 0.286. The first-order valence-electron chi connectivity index (χ1n) is 5.66. The van der Waals surface area contributed by atoms with Gasteiger partial charge in [0.15, 0.2) is 0 Å². The molecule has 0 saturated heterocycles. The van der Waals surface area contributed by atoms with E-state index in [-0.39, 0.29) is 0 Å². The van der Waals surface area contributed by atoms with Crippen molar-refractivity contribution in [2.24, 2.45) is 0 Å². The van der Waals surface area contributed by atoms with Gasteiger partial charge in [0.2, 0.25) is 0 Å². The molecule has 0 amide bonds. The minimum atomic E-state index is 0.413. The molecule has 2 aromatic rings. The molecule has 0 N–H and O–H groups in total. The Bertz CT molecular complexity index is 590. The van der Waals surface area contributed by atoms with Gasteiger partial charge >= 0.3 is 0 Å². The van der Waals surface area contributed by atoms with Crippen molar-refractivity contribution in [3.63, 3.8) is 0 Å². The Balaban J connectivity index is 2.09. The van der Waals surface area contributed by atoms with E-state index in [0.717, 1.165) is 16.5 Å². The zero-order valence-electron chi connectivity index (χ0n) is 10.7. The molecule has 4 heteroatoms. The van der Waals surface area contributed by atoms with Crippen LogP contribution in [0.1, 0.15) is 26.7 Å². The van der Waals surface area contributed by atoms with Crippen LogP contribution in [0.2, 0.25) is 0 Å². The highest BCUT2D eigenvalue weighted by Gasteiger charge is 2.07. The maximum absolute atomic E-state index is 8.87. The number of benzene rings is 1. The third-order valence-electron chi connectivity index (χ3n) is 2.50. The average molecular weight is 258 g/mol. The lowest BCUT2D eigenvalue weighted by Crippen LogP contribution is -1.95. The second kappa shape index (κ2) is 5.19. The van der Waals surface area contributed by atoms with E-state index in [2.05, 4.69) is 17.1 Å². The van der Waals surface area contributed by atoms with Crippen molar-refractivity contribution in [2.45, 2.75) is 27.4 Å². The van der Waals surface area contributed by atoms with E-state index in [0.29, 0.717) is 11.5 Å². The molecule has 0 saturated carbocycles. The Morgan fingerprint density at radius 1 is 1.22 bits per heavy atom. The van der Waals surface area contributed by atoms with E-state index in [1.165, 1.54) is 22.5 Å². The number of aromatic nitrogens is 1. The fourth-order valence-electron chi connectivity index (χ4n) is 1.78. The van der Waals surface area contributed by atoms with Gasteiger partial charge in [-0.05, 0) is 44.0 Å². The summed E-state index contributed by atoms with van der Waals surface area (Å²) in [6.07, 6.45) is 0. The second-order valence-electron chi connectivity index (χ2n) is 4.25. The number of nitriles is 1. The van der Waals surface area contributed by atoms with Crippen molar-refractivity contribution in [1.29, 1.82) is 5.26 Å². The SMILES string of the molecule is Cc1cc(C)cc(OCc2nc(C)c(C#N)s2)c1. The highest BCUT2D eigenvalue weighted by atomic mass is 32.1. The standard InChI is InChI=1S/C14H14N2OS/c1-9-4-10(2)6-12(5-9)17-8-14-16-11(3)13(7-15)18-14/h4-6H,8H2,1-3H3. The summed E-state index contributed by atoms with van der Waals surface area (Å²) in [7, 11) is 0. The summed E-state index contributed by atoms with van der Waals surface area (Å²) in [5, 5.41) is 9.71. The average Bonchev–Trinajstić information content (AvgIpc) is 2.66. The van der Waals surface area contributed by atoms with Crippen molar-refractivity contribution < 1.29 is 4.74 Å². The quantitative estimate of drug-likeness (QED) is 0.846. The van der Waals surface area contributed by atoms with Gasteiger partial charge in [0.05, 0.1) is 5.69 Å². The maximum Gasteiger partial charge on any atom is 0.140 e. The summed E-state index contributed by atoms with van der Waals surface area (Å²) in [5.74, 6) is 0.846. The lowest BCUT2D eigenvalue weighted by molar-refractivity contribution is 0.305. The van der Waals surface area contributed by atoms with E-state index < -0.39 is 0 Å².